The summed E-state index contributed by atoms with van der Waals surface area (Å²) in [5, 5.41) is 0.656. The van der Waals surface area contributed by atoms with Crippen molar-refractivity contribution in [1.82, 2.24) is 0 Å². The van der Waals surface area contributed by atoms with Crippen LogP contribution in [0.3, 0.4) is 0 Å². The molecule has 0 bridgehead atoms. The zero-order valence-electron chi connectivity index (χ0n) is 6.21. The zero-order valence-corrected chi connectivity index (χ0v) is 7.80. The van der Waals surface area contributed by atoms with Crippen molar-refractivity contribution >= 4 is 27.3 Å². The van der Waals surface area contributed by atoms with Crippen LogP contribution in [0.1, 0.15) is 5.56 Å². The fourth-order valence-electron chi connectivity index (χ4n) is 0.839. The van der Waals surface area contributed by atoms with Gasteiger partial charge in [0.1, 0.15) is 0 Å². The number of hydrogen-bond acceptors (Lipinski definition) is 0. The predicted octanol–water partition coefficient (Wildman–Crippen LogP) is 3.68. The standard InChI is InChI=1S/C9H5BrN2/c1-11-8-4-3-7(6-10)9(5-8)12-2/h3-5H,6H2. The van der Waals surface area contributed by atoms with Crippen LogP contribution in [0.15, 0.2) is 18.2 Å². The molecule has 0 saturated heterocycles. The lowest BCUT2D eigenvalue weighted by atomic mass is 10.2. The van der Waals surface area contributed by atoms with E-state index in [-0.39, 0.29) is 0 Å². The van der Waals surface area contributed by atoms with Gasteiger partial charge in [-0.05, 0) is 5.56 Å². The Morgan fingerprint density at radius 3 is 2.50 bits per heavy atom. The number of alkyl halides is 1. The number of rotatable bonds is 1. The van der Waals surface area contributed by atoms with E-state index in [2.05, 4.69) is 25.6 Å². The van der Waals surface area contributed by atoms with Gasteiger partial charge in [-0.2, -0.15) is 0 Å². The van der Waals surface area contributed by atoms with Gasteiger partial charge in [0.05, 0.1) is 13.1 Å². The fourth-order valence-corrected chi connectivity index (χ4v) is 1.31. The van der Waals surface area contributed by atoms with E-state index in [9.17, 15) is 0 Å². The maximum Gasteiger partial charge on any atom is 0.181 e. The van der Waals surface area contributed by atoms with Crippen LogP contribution in [-0.2, 0) is 5.33 Å². The van der Waals surface area contributed by atoms with Crippen LogP contribution in [0.25, 0.3) is 9.69 Å². The van der Waals surface area contributed by atoms with Crippen LogP contribution in [-0.4, -0.2) is 0 Å². The third-order valence-corrected chi connectivity index (χ3v) is 2.07. The molecular formula is C9H5BrN2. The second-order valence-corrected chi connectivity index (χ2v) is 2.73. The number of hydrogen-bond donors (Lipinski definition) is 0. The van der Waals surface area contributed by atoms with Crippen molar-refractivity contribution in [3.8, 4) is 0 Å². The van der Waals surface area contributed by atoms with Crippen molar-refractivity contribution in [1.29, 1.82) is 0 Å². The van der Waals surface area contributed by atoms with E-state index in [0.29, 0.717) is 16.7 Å². The van der Waals surface area contributed by atoms with Crippen molar-refractivity contribution in [3.63, 3.8) is 0 Å². The van der Waals surface area contributed by atoms with E-state index in [0.717, 1.165) is 5.56 Å². The summed E-state index contributed by atoms with van der Waals surface area (Å²) in [6.07, 6.45) is 0. The van der Waals surface area contributed by atoms with E-state index >= 15 is 0 Å². The minimum absolute atomic E-state index is 0.519. The van der Waals surface area contributed by atoms with E-state index < -0.39 is 0 Å². The van der Waals surface area contributed by atoms with Gasteiger partial charge in [0.25, 0.3) is 0 Å². The number of nitrogens with zero attached hydrogens (tertiary/aromatic N) is 2. The second-order valence-electron chi connectivity index (χ2n) is 2.17. The van der Waals surface area contributed by atoms with Gasteiger partial charge in [-0.15, -0.1) is 0 Å². The van der Waals surface area contributed by atoms with Gasteiger partial charge >= 0.3 is 0 Å². The largest absolute Gasteiger partial charge is 0.240 e. The summed E-state index contributed by atoms with van der Waals surface area (Å²) < 4.78 is 0. The van der Waals surface area contributed by atoms with Crippen LogP contribution < -0.4 is 0 Å². The molecule has 12 heavy (non-hydrogen) atoms. The van der Waals surface area contributed by atoms with Gasteiger partial charge in [-0.1, -0.05) is 34.1 Å². The molecule has 58 valence electrons. The summed E-state index contributed by atoms with van der Waals surface area (Å²) in [7, 11) is 0. The van der Waals surface area contributed by atoms with Crippen LogP contribution in [0.5, 0.6) is 0 Å². The molecule has 3 heteroatoms. The Bertz CT molecular complexity index is 371. The predicted molar refractivity (Wildman–Crippen MR) is 51.6 cm³/mol. The minimum Gasteiger partial charge on any atom is -0.240 e. The Kier molecular flexibility index (Phi) is 2.85. The third-order valence-electron chi connectivity index (χ3n) is 1.46. The molecule has 0 aliphatic heterocycles. The molecule has 0 saturated carbocycles. The van der Waals surface area contributed by atoms with Gasteiger partial charge in [-0.3, -0.25) is 0 Å². The molecule has 0 radical (unpaired) electrons. The first-order valence-corrected chi connectivity index (χ1v) is 4.37. The molecule has 1 aromatic rings. The topological polar surface area (TPSA) is 8.72 Å². The van der Waals surface area contributed by atoms with Gasteiger partial charge in [0, 0.05) is 5.33 Å². The zero-order chi connectivity index (χ0) is 8.97. The van der Waals surface area contributed by atoms with Crippen molar-refractivity contribution in [2.75, 3.05) is 0 Å². The molecule has 0 aliphatic carbocycles. The monoisotopic (exact) mass is 220 g/mol. The summed E-state index contributed by atoms with van der Waals surface area (Å²) >= 11 is 3.27. The van der Waals surface area contributed by atoms with Gasteiger partial charge in [-0.25, -0.2) is 9.69 Å². The molecule has 0 unspecified atom stereocenters. The molecule has 0 aliphatic rings. The van der Waals surface area contributed by atoms with Gasteiger partial charge < -0.3 is 0 Å². The Balaban J connectivity index is 3.24. The molecule has 0 amide bonds. The van der Waals surface area contributed by atoms with E-state index in [1.807, 2.05) is 0 Å². The Morgan fingerprint density at radius 1 is 1.25 bits per heavy atom. The molecule has 0 fully saturated rings. The van der Waals surface area contributed by atoms with Crippen LogP contribution >= 0.6 is 15.9 Å². The number of benzene rings is 1. The molecule has 1 aromatic carbocycles. The Labute approximate surface area is 79.6 Å². The van der Waals surface area contributed by atoms with Crippen LogP contribution in [0, 0.1) is 13.1 Å². The lowest BCUT2D eigenvalue weighted by molar-refractivity contribution is 1.46. The molecule has 1 rings (SSSR count). The number of halogens is 1. The lowest BCUT2D eigenvalue weighted by Gasteiger charge is -1.98. The molecular weight excluding hydrogens is 216 g/mol. The molecule has 0 spiro atoms. The Morgan fingerprint density at radius 2 is 2.00 bits per heavy atom. The van der Waals surface area contributed by atoms with Crippen LogP contribution in [0.2, 0.25) is 0 Å². The average Bonchev–Trinajstić information content (AvgIpc) is 2.16. The van der Waals surface area contributed by atoms with Crippen LogP contribution in [0.4, 0.5) is 11.4 Å². The van der Waals surface area contributed by atoms with Crippen molar-refractivity contribution in [2.45, 2.75) is 5.33 Å². The molecule has 0 aromatic heterocycles. The molecule has 2 nitrogen and oxygen atoms in total. The summed E-state index contributed by atoms with van der Waals surface area (Å²) in [4.78, 5) is 6.57. The summed E-state index contributed by atoms with van der Waals surface area (Å²) in [6.45, 7) is 13.6. The maximum absolute atomic E-state index is 6.86. The molecule has 0 N–H and O–H groups in total. The first-order chi connectivity index (χ1) is 5.81. The maximum atomic E-state index is 6.86. The van der Waals surface area contributed by atoms with E-state index in [1.165, 1.54) is 0 Å². The van der Waals surface area contributed by atoms with E-state index in [1.54, 1.807) is 18.2 Å². The van der Waals surface area contributed by atoms with Gasteiger partial charge in [0.2, 0.25) is 0 Å². The first-order valence-electron chi connectivity index (χ1n) is 3.25. The van der Waals surface area contributed by atoms with Gasteiger partial charge in [0.15, 0.2) is 11.4 Å². The van der Waals surface area contributed by atoms with Crippen molar-refractivity contribution < 1.29 is 0 Å². The molecule has 0 heterocycles. The van der Waals surface area contributed by atoms with E-state index in [4.69, 9.17) is 13.1 Å². The smallest absolute Gasteiger partial charge is 0.181 e. The first kappa shape index (κ1) is 8.77. The summed E-state index contributed by atoms with van der Waals surface area (Å²) in [6, 6.07) is 5.13. The molecule has 0 atom stereocenters. The summed E-state index contributed by atoms with van der Waals surface area (Å²) in [5.74, 6) is 0. The Hall–Kier alpha value is -1.32. The fraction of sp³-hybridized carbons (Fsp3) is 0.111. The normalized spacial score (nSPS) is 8.58. The average molecular weight is 221 g/mol. The second kappa shape index (κ2) is 3.90. The highest BCUT2D eigenvalue weighted by Crippen LogP contribution is 2.26. The SMILES string of the molecule is [C-]#[N+]c1ccc(CBr)c([N+]#[C-])c1. The minimum atomic E-state index is 0.519. The highest BCUT2D eigenvalue weighted by atomic mass is 79.9. The lowest BCUT2D eigenvalue weighted by Crippen LogP contribution is -1.75. The third kappa shape index (κ3) is 1.64. The van der Waals surface area contributed by atoms with Crippen molar-refractivity contribution in [3.05, 3.63) is 46.6 Å². The highest BCUT2D eigenvalue weighted by Gasteiger charge is 2.01. The van der Waals surface area contributed by atoms with Crippen molar-refractivity contribution in [2.24, 2.45) is 0 Å². The quantitative estimate of drug-likeness (QED) is 0.505. The highest BCUT2D eigenvalue weighted by molar-refractivity contribution is 9.08. The summed E-state index contributed by atoms with van der Waals surface area (Å²) in [5.41, 5.74) is 2.00.